The van der Waals surface area contributed by atoms with Crippen LogP contribution < -0.4 is 15.2 Å². The summed E-state index contributed by atoms with van der Waals surface area (Å²) in [6.45, 7) is 4.75. The summed E-state index contributed by atoms with van der Waals surface area (Å²) in [4.78, 5) is 2.26. The Morgan fingerprint density at radius 2 is 1.89 bits per heavy atom. The molecule has 1 atom stereocenters. The topological polar surface area (TPSA) is 47.7 Å². The van der Waals surface area contributed by atoms with Crippen molar-refractivity contribution in [2.24, 2.45) is 11.7 Å². The highest BCUT2D eigenvalue weighted by atomic mass is 16.5. The number of benzene rings is 1. The molecule has 0 aromatic heterocycles. The predicted molar refractivity (Wildman–Crippen MR) is 74.1 cm³/mol. The molecule has 1 aromatic carbocycles. The van der Waals surface area contributed by atoms with Gasteiger partial charge in [0.25, 0.3) is 0 Å². The molecule has 0 bridgehead atoms. The average Bonchev–Trinajstić information content (AvgIpc) is 2.38. The van der Waals surface area contributed by atoms with Crippen molar-refractivity contribution in [2.45, 2.75) is 13.5 Å². The molecular weight excluding hydrogens is 228 g/mol. The maximum atomic E-state index is 5.63. The van der Waals surface area contributed by atoms with Crippen LogP contribution in [0.5, 0.6) is 11.5 Å². The number of hydrogen-bond acceptors (Lipinski definition) is 4. The Morgan fingerprint density at radius 1 is 1.22 bits per heavy atom. The number of nitrogens with zero attached hydrogens (tertiary/aromatic N) is 1. The van der Waals surface area contributed by atoms with Crippen LogP contribution in [0.1, 0.15) is 12.5 Å². The SMILES string of the molecule is COc1ccc(CN(C)CC(C)CN)cc1OC. The monoisotopic (exact) mass is 252 g/mol. The van der Waals surface area contributed by atoms with Gasteiger partial charge in [-0.15, -0.1) is 0 Å². The molecule has 0 fully saturated rings. The zero-order chi connectivity index (χ0) is 13.5. The molecule has 4 heteroatoms. The standard InChI is InChI=1S/C14H24N2O2/c1-11(8-15)9-16(2)10-12-5-6-13(17-3)14(7-12)18-4/h5-7,11H,8-10,15H2,1-4H3. The van der Waals surface area contributed by atoms with E-state index in [4.69, 9.17) is 15.2 Å². The van der Waals surface area contributed by atoms with Crippen LogP contribution in [0.3, 0.4) is 0 Å². The first-order valence-electron chi connectivity index (χ1n) is 6.20. The molecule has 102 valence electrons. The van der Waals surface area contributed by atoms with Crippen LogP contribution in [-0.4, -0.2) is 39.3 Å². The van der Waals surface area contributed by atoms with Gasteiger partial charge in [-0.1, -0.05) is 13.0 Å². The van der Waals surface area contributed by atoms with Gasteiger partial charge in [0.05, 0.1) is 14.2 Å². The fourth-order valence-electron chi connectivity index (χ4n) is 1.96. The lowest BCUT2D eigenvalue weighted by molar-refractivity contribution is 0.281. The van der Waals surface area contributed by atoms with E-state index in [0.29, 0.717) is 5.92 Å². The Balaban J connectivity index is 2.67. The first kappa shape index (κ1) is 14.8. The summed E-state index contributed by atoms with van der Waals surface area (Å²) in [7, 11) is 5.40. The van der Waals surface area contributed by atoms with E-state index < -0.39 is 0 Å². The summed E-state index contributed by atoms with van der Waals surface area (Å²) in [5.41, 5.74) is 6.84. The normalized spacial score (nSPS) is 12.6. The molecule has 1 rings (SSSR count). The second-order valence-electron chi connectivity index (χ2n) is 4.73. The minimum absolute atomic E-state index is 0.509. The molecule has 0 saturated heterocycles. The molecule has 18 heavy (non-hydrogen) atoms. The maximum absolute atomic E-state index is 5.63. The van der Waals surface area contributed by atoms with E-state index >= 15 is 0 Å². The van der Waals surface area contributed by atoms with Crippen molar-refractivity contribution in [1.29, 1.82) is 0 Å². The first-order valence-corrected chi connectivity index (χ1v) is 6.20. The van der Waals surface area contributed by atoms with Crippen LogP contribution in [0.25, 0.3) is 0 Å². The highest BCUT2D eigenvalue weighted by Crippen LogP contribution is 2.27. The van der Waals surface area contributed by atoms with Gasteiger partial charge < -0.3 is 20.1 Å². The van der Waals surface area contributed by atoms with Crippen LogP contribution in [0.15, 0.2) is 18.2 Å². The van der Waals surface area contributed by atoms with Crippen LogP contribution in [0, 0.1) is 5.92 Å². The Morgan fingerprint density at radius 3 is 2.44 bits per heavy atom. The highest BCUT2D eigenvalue weighted by molar-refractivity contribution is 5.42. The lowest BCUT2D eigenvalue weighted by Crippen LogP contribution is -2.28. The molecule has 0 spiro atoms. The second kappa shape index (κ2) is 7.24. The first-order chi connectivity index (χ1) is 8.60. The molecule has 0 aliphatic heterocycles. The zero-order valence-corrected chi connectivity index (χ0v) is 11.8. The van der Waals surface area contributed by atoms with E-state index in [2.05, 4.69) is 24.9 Å². The summed E-state index contributed by atoms with van der Waals surface area (Å²) >= 11 is 0. The van der Waals surface area contributed by atoms with Crippen LogP contribution in [0.4, 0.5) is 0 Å². The third-order valence-electron chi connectivity index (χ3n) is 2.93. The largest absolute Gasteiger partial charge is 0.493 e. The van der Waals surface area contributed by atoms with E-state index in [9.17, 15) is 0 Å². The van der Waals surface area contributed by atoms with Gasteiger partial charge in [0.1, 0.15) is 0 Å². The lowest BCUT2D eigenvalue weighted by Gasteiger charge is -2.20. The Hall–Kier alpha value is -1.26. The number of rotatable bonds is 7. The van der Waals surface area contributed by atoms with Gasteiger partial charge in [0, 0.05) is 13.1 Å². The van der Waals surface area contributed by atoms with Gasteiger partial charge >= 0.3 is 0 Å². The Bertz CT molecular complexity index is 369. The van der Waals surface area contributed by atoms with Crippen LogP contribution in [-0.2, 0) is 6.54 Å². The minimum Gasteiger partial charge on any atom is -0.493 e. The molecule has 0 saturated carbocycles. The molecule has 2 N–H and O–H groups in total. The molecule has 1 unspecified atom stereocenters. The molecule has 4 nitrogen and oxygen atoms in total. The third kappa shape index (κ3) is 4.20. The summed E-state index contributed by atoms with van der Waals surface area (Å²) in [5.74, 6) is 2.05. The molecule has 0 radical (unpaired) electrons. The van der Waals surface area contributed by atoms with Crippen molar-refractivity contribution in [1.82, 2.24) is 4.90 Å². The van der Waals surface area contributed by atoms with Gasteiger partial charge in [-0.3, -0.25) is 0 Å². The highest BCUT2D eigenvalue weighted by Gasteiger charge is 2.08. The molecular formula is C14H24N2O2. The van der Waals surface area contributed by atoms with Gasteiger partial charge in [0.2, 0.25) is 0 Å². The van der Waals surface area contributed by atoms with Gasteiger partial charge in [-0.2, -0.15) is 0 Å². The second-order valence-corrected chi connectivity index (χ2v) is 4.73. The Labute approximate surface area is 110 Å². The average molecular weight is 252 g/mol. The molecule has 0 amide bonds. The van der Waals surface area contributed by atoms with Crippen molar-refractivity contribution in [3.63, 3.8) is 0 Å². The van der Waals surface area contributed by atoms with E-state index in [1.807, 2.05) is 12.1 Å². The third-order valence-corrected chi connectivity index (χ3v) is 2.93. The number of nitrogens with two attached hydrogens (primary N) is 1. The summed E-state index contributed by atoms with van der Waals surface area (Å²) in [6, 6.07) is 6.02. The quantitative estimate of drug-likeness (QED) is 0.803. The number of ether oxygens (including phenoxy) is 2. The lowest BCUT2D eigenvalue weighted by atomic mass is 10.1. The number of methoxy groups -OCH3 is 2. The number of hydrogen-bond donors (Lipinski definition) is 1. The van der Waals surface area contributed by atoms with Crippen molar-refractivity contribution < 1.29 is 9.47 Å². The van der Waals surface area contributed by atoms with E-state index in [-0.39, 0.29) is 0 Å². The van der Waals surface area contributed by atoms with Gasteiger partial charge in [-0.05, 0) is 37.2 Å². The fraction of sp³-hybridized carbons (Fsp3) is 0.571. The molecule has 1 aromatic rings. The van der Waals surface area contributed by atoms with Crippen molar-refractivity contribution in [3.8, 4) is 11.5 Å². The summed E-state index contributed by atoms with van der Waals surface area (Å²) in [5, 5.41) is 0. The van der Waals surface area contributed by atoms with Crippen LogP contribution >= 0.6 is 0 Å². The predicted octanol–water partition coefficient (Wildman–Crippen LogP) is 1.73. The molecule has 0 aliphatic carbocycles. The van der Waals surface area contributed by atoms with E-state index in [1.54, 1.807) is 14.2 Å². The Kier molecular flexibility index (Phi) is 5.95. The molecule has 0 heterocycles. The van der Waals surface area contributed by atoms with Gasteiger partial charge in [0.15, 0.2) is 11.5 Å². The van der Waals surface area contributed by atoms with Crippen molar-refractivity contribution in [2.75, 3.05) is 34.4 Å². The zero-order valence-electron chi connectivity index (χ0n) is 11.8. The van der Waals surface area contributed by atoms with E-state index in [0.717, 1.165) is 31.1 Å². The summed E-state index contributed by atoms with van der Waals surface area (Å²) < 4.78 is 10.5. The minimum atomic E-state index is 0.509. The molecule has 0 aliphatic rings. The maximum Gasteiger partial charge on any atom is 0.161 e. The summed E-state index contributed by atoms with van der Waals surface area (Å²) in [6.07, 6.45) is 0. The van der Waals surface area contributed by atoms with Crippen LogP contribution in [0.2, 0.25) is 0 Å². The smallest absolute Gasteiger partial charge is 0.161 e. The van der Waals surface area contributed by atoms with Crippen molar-refractivity contribution in [3.05, 3.63) is 23.8 Å². The van der Waals surface area contributed by atoms with Gasteiger partial charge in [-0.25, -0.2) is 0 Å². The van der Waals surface area contributed by atoms with E-state index in [1.165, 1.54) is 5.56 Å². The fourth-order valence-corrected chi connectivity index (χ4v) is 1.96. The van der Waals surface area contributed by atoms with Crippen molar-refractivity contribution >= 4 is 0 Å².